The van der Waals surface area contributed by atoms with Crippen molar-refractivity contribution in [3.63, 3.8) is 0 Å². The molecule has 0 aromatic heterocycles. The van der Waals surface area contributed by atoms with Gasteiger partial charge in [-0.1, -0.05) is 12.1 Å². The Morgan fingerprint density at radius 1 is 1.37 bits per heavy atom. The monoisotopic (exact) mass is 260 g/mol. The second-order valence-corrected chi connectivity index (χ2v) is 4.92. The molecule has 3 rings (SSSR count). The van der Waals surface area contributed by atoms with Crippen LogP contribution < -0.4 is 0 Å². The van der Waals surface area contributed by atoms with Crippen molar-refractivity contribution in [2.75, 3.05) is 0 Å². The van der Waals surface area contributed by atoms with Crippen LogP contribution in [0.25, 0.3) is 0 Å². The maximum absolute atomic E-state index is 12.1. The Kier molecular flexibility index (Phi) is 2.31. The molecule has 0 unspecified atom stereocenters. The summed E-state index contributed by atoms with van der Waals surface area (Å²) in [7, 11) is 0. The first-order valence-corrected chi connectivity index (χ1v) is 5.90. The third kappa shape index (κ3) is 1.51. The molecule has 0 saturated heterocycles. The molecule has 2 atom stereocenters. The number of carbonyl (C=O) groups excluding carboxylic acids is 2. The molecule has 0 fully saturated rings. The van der Waals surface area contributed by atoms with Gasteiger partial charge < -0.3 is 14.9 Å². The van der Waals surface area contributed by atoms with Gasteiger partial charge in [-0.2, -0.15) is 0 Å². The minimum atomic E-state index is -1.33. The molecule has 1 aromatic rings. The standard InChI is InChI=1S/C14H12O5/c1-7-5-14(19-13(7)18)6-10(16)11-8(12(14)17)3-2-4-9(11)15/h2-5,12,15,17H,6H2,1H3/t12-,14-/m0/s1. The van der Waals surface area contributed by atoms with Gasteiger partial charge in [0.15, 0.2) is 11.4 Å². The average Bonchev–Trinajstić information content (AvgIpc) is 2.62. The van der Waals surface area contributed by atoms with Crippen molar-refractivity contribution in [1.29, 1.82) is 0 Å². The van der Waals surface area contributed by atoms with Gasteiger partial charge in [0.1, 0.15) is 11.9 Å². The second kappa shape index (κ2) is 3.68. The third-order valence-electron chi connectivity index (χ3n) is 3.61. The van der Waals surface area contributed by atoms with Gasteiger partial charge in [0.2, 0.25) is 0 Å². The summed E-state index contributed by atoms with van der Waals surface area (Å²) in [5.74, 6) is -1.05. The molecule has 0 amide bonds. The van der Waals surface area contributed by atoms with Crippen molar-refractivity contribution in [3.05, 3.63) is 41.0 Å². The van der Waals surface area contributed by atoms with E-state index in [1.165, 1.54) is 18.2 Å². The number of hydrogen-bond acceptors (Lipinski definition) is 5. The van der Waals surface area contributed by atoms with Crippen LogP contribution >= 0.6 is 0 Å². The molecule has 19 heavy (non-hydrogen) atoms. The number of phenols is 1. The fourth-order valence-corrected chi connectivity index (χ4v) is 2.72. The van der Waals surface area contributed by atoms with Gasteiger partial charge in [0, 0.05) is 5.57 Å². The number of esters is 1. The highest BCUT2D eigenvalue weighted by atomic mass is 16.6. The summed E-state index contributed by atoms with van der Waals surface area (Å²) in [6, 6.07) is 4.48. The number of ether oxygens (including phenoxy) is 1. The van der Waals surface area contributed by atoms with E-state index in [0.717, 1.165) is 0 Å². The molecule has 1 spiro atoms. The minimum absolute atomic E-state index is 0.106. The molecule has 1 aliphatic heterocycles. The van der Waals surface area contributed by atoms with Gasteiger partial charge in [-0.05, 0) is 24.6 Å². The van der Waals surface area contributed by atoms with E-state index in [1.807, 2.05) is 0 Å². The Balaban J connectivity index is 2.17. The molecule has 2 aliphatic rings. The van der Waals surface area contributed by atoms with Crippen molar-refractivity contribution < 1.29 is 24.5 Å². The van der Waals surface area contributed by atoms with E-state index < -0.39 is 17.7 Å². The predicted octanol–water partition coefficient (Wildman–Crippen LogP) is 1.25. The fourth-order valence-electron chi connectivity index (χ4n) is 2.72. The second-order valence-electron chi connectivity index (χ2n) is 4.92. The van der Waals surface area contributed by atoms with Gasteiger partial charge >= 0.3 is 5.97 Å². The van der Waals surface area contributed by atoms with E-state index in [2.05, 4.69) is 0 Å². The van der Waals surface area contributed by atoms with E-state index >= 15 is 0 Å². The molecule has 5 nitrogen and oxygen atoms in total. The van der Waals surface area contributed by atoms with Gasteiger partial charge in [0.05, 0.1) is 12.0 Å². The van der Waals surface area contributed by atoms with Crippen molar-refractivity contribution in [1.82, 2.24) is 0 Å². The van der Waals surface area contributed by atoms with Crippen LogP contribution in [0.5, 0.6) is 5.75 Å². The first kappa shape index (κ1) is 11.9. The van der Waals surface area contributed by atoms with Crippen molar-refractivity contribution >= 4 is 11.8 Å². The summed E-state index contributed by atoms with van der Waals surface area (Å²) >= 11 is 0. The number of benzene rings is 1. The van der Waals surface area contributed by atoms with E-state index in [9.17, 15) is 19.8 Å². The Hall–Kier alpha value is -2.14. The first-order valence-electron chi connectivity index (χ1n) is 5.90. The lowest BCUT2D eigenvalue weighted by Crippen LogP contribution is -2.42. The first-order chi connectivity index (χ1) is 8.94. The summed E-state index contributed by atoms with van der Waals surface area (Å²) in [5.41, 5.74) is -0.570. The molecular formula is C14H12O5. The number of carbonyl (C=O) groups is 2. The molecule has 98 valence electrons. The molecule has 1 aromatic carbocycles. The van der Waals surface area contributed by atoms with Crippen LogP contribution in [0.2, 0.25) is 0 Å². The van der Waals surface area contributed by atoms with Crippen molar-refractivity contribution in [2.24, 2.45) is 0 Å². The lowest BCUT2D eigenvalue weighted by Gasteiger charge is -2.36. The van der Waals surface area contributed by atoms with Gasteiger partial charge in [-0.25, -0.2) is 4.79 Å². The summed E-state index contributed by atoms with van der Waals surface area (Å²) in [4.78, 5) is 23.7. The lowest BCUT2D eigenvalue weighted by atomic mass is 9.77. The zero-order chi connectivity index (χ0) is 13.8. The number of aliphatic hydroxyl groups is 1. The number of aliphatic hydroxyl groups excluding tert-OH is 1. The summed E-state index contributed by atoms with van der Waals surface area (Å²) in [6.45, 7) is 1.58. The molecule has 2 N–H and O–H groups in total. The van der Waals surface area contributed by atoms with E-state index in [4.69, 9.17) is 4.74 Å². The minimum Gasteiger partial charge on any atom is -0.507 e. The van der Waals surface area contributed by atoms with E-state index in [1.54, 1.807) is 13.0 Å². The fraction of sp³-hybridized carbons (Fsp3) is 0.286. The molecule has 0 bridgehead atoms. The molecular weight excluding hydrogens is 248 g/mol. The van der Waals surface area contributed by atoms with Crippen LogP contribution in [0.1, 0.15) is 35.4 Å². The van der Waals surface area contributed by atoms with Crippen molar-refractivity contribution in [3.8, 4) is 5.75 Å². The molecule has 1 heterocycles. The SMILES string of the molecule is CC1=C[C@@]2(CC(=O)c3c(O)cccc3[C@@H]2O)OC1=O. The molecule has 0 radical (unpaired) electrons. The highest BCUT2D eigenvalue weighted by Gasteiger charge is 2.51. The zero-order valence-corrected chi connectivity index (χ0v) is 10.2. The topological polar surface area (TPSA) is 83.8 Å². The van der Waals surface area contributed by atoms with Crippen LogP contribution in [-0.2, 0) is 9.53 Å². The summed E-state index contributed by atoms with van der Waals surface area (Å²) < 4.78 is 5.20. The smallest absolute Gasteiger partial charge is 0.334 e. The highest BCUT2D eigenvalue weighted by Crippen LogP contribution is 2.46. The third-order valence-corrected chi connectivity index (χ3v) is 3.61. The summed E-state index contributed by atoms with van der Waals surface area (Å²) in [5, 5.41) is 20.1. The molecule has 0 saturated carbocycles. The Morgan fingerprint density at radius 2 is 2.11 bits per heavy atom. The van der Waals surface area contributed by atoms with E-state index in [0.29, 0.717) is 5.57 Å². The normalized spacial score (nSPS) is 29.2. The Labute approximate surface area is 109 Å². The number of Topliss-reactive ketones (excluding diaryl/α,β-unsaturated/α-hetero) is 1. The largest absolute Gasteiger partial charge is 0.507 e. The summed E-state index contributed by atoms with van der Waals surface area (Å²) in [6.07, 6.45) is 0.167. The number of fused-ring (bicyclic) bond motifs is 1. The van der Waals surface area contributed by atoms with E-state index in [-0.39, 0.29) is 29.1 Å². The molecule has 1 aliphatic carbocycles. The van der Waals surface area contributed by atoms with Crippen LogP contribution in [-0.4, -0.2) is 27.6 Å². The molecule has 5 heteroatoms. The van der Waals surface area contributed by atoms with Gasteiger partial charge in [-0.15, -0.1) is 0 Å². The van der Waals surface area contributed by atoms with Crippen LogP contribution in [0.4, 0.5) is 0 Å². The number of rotatable bonds is 0. The maximum atomic E-state index is 12.1. The quantitative estimate of drug-likeness (QED) is 0.686. The number of hydrogen-bond donors (Lipinski definition) is 2. The van der Waals surface area contributed by atoms with Gasteiger partial charge in [-0.3, -0.25) is 4.79 Å². The lowest BCUT2D eigenvalue weighted by molar-refractivity contribution is -0.156. The Bertz CT molecular complexity index is 631. The van der Waals surface area contributed by atoms with Crippen molar-refractivity contribution in [2.45, 2.75) is 25.0 Å². The zero-order valence-electron chi connectivity index (χ0n) is 10.2. The average molecular weight is 260 g/mol. The highest BCUT2D eigenvalue weighted by molar-refractivity contribution is 6.03. The van der Waals surface area contributed by atoms with Crippen LogP contribution in [0.15, 0.2) is 29.8 Å². The van der Waals surface area contributed by atoms with Gasteiger partial charge in [0.25, 0.3) is 0 Å². The maximum Gasteiger partial charge on any atom is 0.334 e. The number of ketones is 1. The van der Waals surface area contributed by atoms with Crippen LogP contribution in [0, 0.1) is 0 Å². The Morgan fingerprint density at radius 3 is 2.74 bits per heavy atom. The predicted molar refractivity (Wildman–Crippen MR) is 64.6 cm³/mol. The van der Waals surface area contributed by atoms with Crippen LogP contribution in [0.3, 0.4) is 0 Å². The number of aromatic hydroxyl groups is 1. The number of phenolic OH excluding ortho intramolecular Hbond substituents is 1.